The highest BCUT2D eigenvalue weighted by Gasteiger charge is 2.42. The molecule has 67 heavy (non-hydrogen) atoms. The smallest absolute Gasteiger partial charge is 0.179 e. The Morgan fingerprint density at radius 2 is 0.761 bits per heavy atom. The zero-order chi connectivity index (χ0) is 45.0. The first-order chi connectivity index (χ1) is 33.0. The van der Waals surface area contributed by atoms with Gasteiger partial charge in [0.2, 0.25) is 0 Å². The summed E-state index contributed by atoms with van der Waals surface area (Å²) in [4.78, 5) is 4.85. The fraction of sp³-hybridized carbons (Fsp3) is 0.0476. The lowest BCUT2D eigenvalue weighted by Crippen LogP contribution is -2.74. The Hall–Kier alpha value is -7.76. The number of hydrogen-bond donors (Lipinski definition) is 0. The Bertz CT molecular complexity index is 3510. The first kappa shape index (κ1) is 40.7. The van der Waals surface area contributed by atoms with E-state index in [2.05, 4.69) is 278 Å². The van der Waals surface area contributed by atoms with Crippen molar-refractivity contribution in [2.75, 3.05) is 9.80 Å². The van der Waals surface area contributed by atoms with Crippen molar-refractivity contribution in [3.05, 3.63) is 266 Å². The van der Waals surface area contributed by atoms with Gasteiger partial charge in [0, 0.05) is 59.7 Å². The highest BCUT2D eigenvalue weighted by atomic mass is 32.1. The molecule has 0 bridgehead atoms. The Kier molecular flexibility index (Phi) is 10.1. The summed E-state index contributed by atoms with van der Waals surface area (Å²) in [6.07, 6.45) is 0. The fourth-order valence-corrected chi connectivity index (χ4v) is 16.7. The number of hydrogen-bond acceptors (Lipinski definition) is 3. The molecule has 1 aliphatic rings. The molecule has 0 fully saturated rings. The fourth-order valence-electron chi connectivity index (χ4n) is 10.8. The molecule has 10 aromatic carbocycles. The summed E-state index contributed by atoms with van der Waals surface area (Å²) in [6, 6.07) is 94.8. The van der Waals surface area contributed by atoms with Crippen LogP contribution < -0.4 is 30.5 Å². The van der Waals surface area contributed by atoms with Crippen LogP contribution >= 0.6 is 11.3 Å². The quantitative estimate of drug-likeness (QED) is 0.0997. The van der Waals surface area contributed by atoms with Crippen LogP contribution in [0.2, 0.25) is 0 Å². The summed E-state index contributed by atoms with van der Waals surface area (Å²) in [6.45, 7) is 4.72. The lowest BCUT2D eigenvalue weighted by Gasteiger charge is -2.36. The number of benzene rings is 10. The predicted molar refractivity (Wildman–Crippen MR) is 290 cm³/mol. The standard InChI is InChI=1S/C63H48N2SSi/c1-63(2)59-32-17-15-30-55(59)56-40-36-50(44-60(56)63)64(45-20-7-3-8-21-45)47-34-38-53(39-35-47)67(51-25-11-5-12-26-51,52-27-13-6-14-28-52)54-29-19-24-48(42-54)65(46-22-9-4-10-23-46)49-37-41-62-58(43-49)57-31-16-18-33-61(57)66-62/h3-44H,1-2H3. The minimum Gasteiger partial charge on any atom is -0.310 e. The van der Waals surface area contributed by atoms with Gasteiger partial charge in [0.15, 0.2) is 8.07 Å². The third-order valence-electron chi connectivity index (χ3n) is 14.0. The first-order valence-electron chi connectivity index (χ1n) is 23.2. The van der Waals surface area contributed by atoms with Crippen LogP contribution in [0.5, 0.6) is 0 Å². The van der Waals surface area contributed by atoms with Gasteiger partial charge in [-0.15, -0.1) is 11.3 Å². The average molecular weight is 893 g/mol. The lowest BCUT2D eigenvalue weighted by molar-refractivity contribution is 0.660. The minimum absolute atomic E-state index is 0.111. The van der Waals surface area contributed by atoms with Crippen LogP contribution in [-0.4, -0.2) is 8.07 Å². The van der Waals surface area contributed by atoms with E-state index in [1.165, 1.54) is 63.2 Å². The molecule has 1 heterocycles. The van der Waals surface area contributed by atoms with Crippen LogP contribution in [0.4, 0.5) is 34.1 Å². The molecule has 0 unspecified atom stereocenters. The van der Waals surface area contributed by atoms with Crippen molar-refractivity contribution in [2.24, 2.45) is 0 Å². The second-order valence-corrected chi connectivity index (χ2v) is 23.0. The van der Waals surface area contributed by atoms with Crippen LogP contribution in [0.1, 0.15) is 25.0 Å². The molecule has 11 aromatic rings. The molecule has 0 radical (unpaired) electrons. The van der Waals surface area contributed by atoms with Crippen molar-refractivity contribution in [2.45, 2.75) is 19.3 Å². The highest BCUT2D eigenvalue weighted by molar-refractivity contribution is 7.25. The van der Waals surface area contributed by atoms with Crippen LogP contribution in [-0.2, 0) is 5.41 Å². The SMILES string of the molecule is CC1(C)c2ccccc2-c2ccc(N(c3ccccc3)c3ccc([Si](c4ccccc4)(c4ccccc4)c4cccc(N(c5ccccc5)c5ccc6sc7ccccc7c6c5)c4)cc3)cc21. The third kappa shape index (κ3) is 6.83. The average Bonchev–Trinajstić information content (AvgIpc) is 3.87. The van der Waals surface area contributed by atoms with Crippen molar-refractivity contribution >= 4 is 94.5 Å². The van der Waals surface area contributed by atoms with Crippen molar-refractivity contribution in [1.29, 1.82) is 0 Å². The Balaban J connectivity index is 1.03. The Labute approximate surface area is 398 Å². The zero-order valence-corrected chi connectivity index (χ0v) is 39.4. The lowest BCUT2D eigenvalue weighted by atomic mass is 9.82. The van der Waals surface area contributed by atoms with Gasteiger partial charge in [-0.05, 0) is 128 Å². The molecule has 1 aliphatic carbocycles. The zero-order valence-electron chi connectivity index (χ0n) is 37.6. The van der Waals surface area contributed by atoms with Gasteiger partial charge in [-0.3, -0.25) is 0 Å². The van der Waals surface area contributed by atoms with Crippen molar-refractivity contribution in [3.63, 3.8) is 0 Å². The summed E-state index contributed by atoms with van der Waals surface area (Å²) >= 11 is 1.86. The van der Waals surface area contributed by atoms with E-state index in [1.54, 1.807) is 0 Å². The molecule has 0 amide bonds. The minimum atomic E-state index is -2.98. The van der Waals surface area contributed by atoms with Gasteiger partial charge in [0.1, 0.15) is 0 Å². The molecule has 0 aliphatic heterocycles. The van der Waals surface area contributed by atoms with Gasteiger partial charge in [0.05, 0.1) is 0 Å². The topological polar surface area (TPSA) is 6.48 Å². The second kappa shape index (κ2) is 16.6. The normalized spacial score (nSPS) is 12.7. The van der Waals surface area contributed by atoms with Gasteiger partial charge in [-0.25, -0.2) is 0 Å². The molecule has 0 N–H and O–H groups in total. The predicted octanol–water partition coefficient (Wildman–Crippen LogP) is 14.7. The first-order valence-corrected chi connectivity index (χ1v) is 26.0. The van der Waals surface area contributed by atoms with E-state index >= 15 is 0 Å². The molecule has 0 spiro atoms. The molecule has 12 rings (SSSR count). The van der Waals surface area contributed by atoms with Gasteiger partial charge in [-0.2, -0.15) is 0 Å². The molecule has 0 atom stereocenters. The molecular formula is C63H48N2SSi. The summed E-state index contributed by atoms with van der Waals surface area (Å²) in [7, 11) is -2.98. The Morgan fingerprint density at radius 3 is 1.45 bits per heavy atom. The second-order valence-electron chi connectivity index (χ2n) is 18.1. The summed E-state index contributed by atoms with van der Waals surface area (Å²) in [5.41, 5.74) is 12.1. The van der Waals surface area contributed by atoms with Crippen LogP contribution in [0.3, 0.4) is 0 Å². The van der Waals surface area contributed by atoms with E-state index in [0.29, 0.717) is 0 Å². The van der Waals surface area contributed by atoms with Crippen molar-refractivity contribution in [3.8, 4) is 11.1 Å². The molecule has 2 nitrogen and oxygen atoms in total. The van der Waals surface area contributed by atoms with Crippen molar-refractivity contribution < 1.29 is 0 Å². The van der Waals surface area contributed by atoms with E-state index in [0.717, 1.165) is 34.1 Å². The number of para-hydroxylation sites is 2. The molecule has 0 saturated carbocycles. The van der Waals surface area contributed by atoms with E-state index < -0.39 is 8.07 Å². The number of nitrogens with zero attached hydrogens (tertiary/aromatic N) is 2. The largest absolute Gasteiger partial charge is 0.310 e. The summed E-state index contributed by atoms with van der Waals surface area (Å²) in [5.74, 6) is 0. The molecular weight excluding hydrogens is 845 g/mol. The van der Waals surface area contributed by atoms with Gasteiger partial charge < -0.3 is 9.80 Å². The molecule has 1 aromatic heterocycles. The number of fused-ring (bicyclic) bond motifs is 6. The van der Waals surface area contributed by atoms with E-state index in [-0.39, 0.29) is 5.41 Å². The van der Waals surface area contributed by atoms with Crippen LogP contribution in [0.15, 0.2) is 255 Å². The van der Waals surface area contributed by atoms with E-state index in [1.807, 2.05) is 11.3 Å². The maximum absolute atomic E-state index is 2.98. The van der Waals surface area contributed by atoms with Gasteiger partial charge in [0.25, 0.3) is 0 Å². The summed E-state index contributed by atoms with van der Waals surface area (Å²) < 4.78 is 2.61. The molecule has 320 valence electrons. The summed E-state index contributed by atoms with van der Waals surface area (Å²) in [5, 5.41) is 7.89. The monoisotopic (exact) mass is 892 g/mol. The maximum Gasteiger partial charge on any atom is 0.179 e. The molecule has 4 heteroatoms. The highest BCUT2D eigenvalue weighted by Crippen LogP contribution is 2.50. The third-order valence-corrected chi connectivity index (χ3v) is 19.9. The van der Waals surface area contributed by atoms with E-state index in [4.69, 9.17) is 0 Å². The van der Waals surface area contributed by atoms with Crippen LogP contribution in [0.25, 0.3) is 31.3 Å². The number of anilines is 6. The maximum atomic E-state index is 2.48. The van der Waals surface area contributed by atoms with Crippen molar-refractivity contribution in [1.82, 2.24) is 0 Å². The van der Waals surface area contributed by atoms with E-state index in [9.17, 15) is 0 Å². The van der Waals surface area contributed by atoms with Crippen LogP contribution in [0, 0.1) is 0 Å². The number of thiophene rings is 1. The van der Waals surface area contributed by atoms with Gasteiger partial charge >= 0.3 is 0 Å². The molecule has 0 saturated heterocycles. The Morgan fingerprint density at radius 1 is 0.313 bits per heavy atom. The van der Waals surface area contributed by atoms with Gasteiger partial charge in [-0.1, -0.05) is 184 Å². The number of rotatable bonds is 10.